The van der Waals surface area contributed by atoms with Crippen LogP contribution in [0.2, 0.25) is 0 Å². The lowest BCUT2D eigenvalue weighted by atomic mass is 9.94. The molecule has 5 nitrogen and oxygen atoms in total. The molecule has 0 radical (unpaired) electrons. The maximum atomic E-state index is 14.0. The van der Waals surface area contributed by atoms with Gasteiger partial charge in [-0.2, -0.15) is 0 Å². The first-order chi connectivity index (χ1) is 12.1. The predicted molar refractivity (Wildman–Crippen MR) is 91.5 cm³/mol. The van der Waals surface area contributed by atoms with Crippen LogP contribution in [-0.4, -0.2) is 16.1 Å². The first-order valence-electron chi connectivity index (χ1n) is 8.01. The summed E-state index contributed by atoms with van der Waals surface area (Å²) >= 11 is 1.57. The van der Waals surface area contributed by atoms with Gasteiger partial charge in [-0.3, -0.25) is 4.79 Å². The third-order valence-corrected chi connectivity index (χ3v) is 5.38. The molecule has 1 amide bonds. The quantitative estimate of drug-likeness (QED) is 0.758. The molecule has 0 spiro atoms. The Labute approximate surface area is 147 Å². The van der Waals surface area contributed by atoms with E-state index in [1.807, 2.05) is 19.1 Å². The lowest BCUT2D eigenvalue weighted by Crippen LogP contribution is -2.35. The van der Waals surface area contributed by atoms with Crippen LogP contribution >= 0.6 is 11.3 Å². The lowest BCUT2D eigenvalue weighted by molar-refractivity contribution is -0.123. The van der Waals surface area contributed by atoms with Crippen LogP contribution in [-0.2, 0) is 16.8 Å². The number of hydrogen-bond acceptors (Lipinski definition) is 5. The van der Waals surface area contributed by atoms with E-state index in [9.17, 15) is 9.18 Å². The van der Waals surface area contributed by atoms with Crippen LogP contribution in [0.15, 0.2) is 40.8 Å². The molecule has 7 heteroatoms. The fourth-order valence-corrected chi connectivity index (χ4v) is 3.68. The number of benzene rings is 1. The zero-order valence-corrected chi connectivity index (χ0v) is 14.4. The summed E-state index contributed by atoms with van der Waals surface area (Å²) in [6, 6.07) is 10.3. The van der Waals surface area contributed by atoms with Gasteiger partial charge in [-0.15, -0.1) is 21.5 Å². The van der Waals surface area contributed by atoms with Crippen LogP contribution in [0.1, 0.15) is 29.2 Å². The van der Waals surface area contributed by atoms with Crippen molar-refractivity contribution in [2.45, 2.75) is 31.7 Å². The molecule has 0 saturated heterocycles. The Kier molecular flexibility index (Phi) is 3.88. The summed E-state index contributed by atoms with van der Waals surface area (Å²) in [6.07, 6.45) is 1.28. The molecule has 128 valence electrons. The first kappa shape index (κ1) is 16.0. The van der Waals surface area contributed by atoms with E-state index >= 15 is 0 Å². The van der Waals surface area contributed by atoms with Gasteiger partial charge in [0.15, 0.2) is 0 Å². The lowest BCUT2D eigenvalue weighted by Gasteiger charge is -2.15. The molecule has 2 aromatic heterocycles. The molecule has 1 saturated carbocycles. The van der Waals surface area contributed by atoms with Gasteiger partial charge in [0.05, 0.1) is 16.8 Å². The van der Waals surface area contributed by atoms with Crippen molar-refractivity contribution in [3.8, 4) is 10.8 Å². The number of carbonyl (C=O) groups is 1. The molecule has 1 fully saturated rings. The van der Waals surface area contributed by atoms with Crippen LogP contribution in [0.25, 0.3) is 10.8 Å². The Morgan fingerprint density at radius 2 is 2.08 bits per heavy atom. The Bertz CT molecular complexity index is 930. The number of rotatable bonds is 5. The molecular weight excluding hydrogens is 341 g/mol. The summed E-state index contributed by atoms with van der Waals surface area (Å²) in [5.74, 6) is 0.226. The molecule has 25 heavy (non-hydrogen) atoms. The minimum Gasteiger partial charge on any atom is -0.418 e. The standard InChI is InChI=1S/C18H16FN3O2S/c1-11-6-7-14(25-11)16-22-21-15(24-16)10-20-17(23)18(8-9-18)12-4-2-3-5-13(12)19/h2-7H,8-10H2,1H3,(H,20,23). The highest BCUT2D eigenvalue weighted by Crippen LogP contribution is 2.49. The number of nitrogens with zero attached hydrogens (tertiary/aromatic N) is 2. The molecule has 2 heterocycles. The van der Waals surface area contributed by atoms with Gasteiger partial charge >= 0.3 is 0 Å². The molecule has 0 bridgehead atoms. The van der Waals surface area contributed by atoms with Gasteiger partial charge in [-0.25, -0.2) is 4.39 Å². The summed E-state index contributed by atoms with van der Waals surface area (Å²) in [6.45, 7) is 2.13. The van der Waals surface area contributed by atoms with E-state index in [1.165, 1.54) is 6.07 Å². The summed E-state index contributed by atoms with van der Waals surface area (Å²) in [7, 11) is 0. The smallest absolute Gasteiger partial charge is 0.257 e. The molecule has 1 aliphatic carbocycles. The third kappa shape index (κ3) is 2.95. The summed E-state index contributed by atoms with van der Waals surface area (Å²) in [5, 5.41) is 10.8. The van der Waals surface area contributed by atoms with E-state index < -0.39 is 5.41 Å². The summed E-state index contributed by atoms with van der Waals surface area (Å²) in [5.41, 5.74) is -0.313. The summed E-state index contributed by atoms with van der Waals surface area (Å²) in [4.78, 5) is 14.6. The van der Waals surface area contributed by atoms with Crippen molar-refractivity contribution >= 4 is 17.2 Å². The van der Waals surface area contributed by atoms with Crippen molar-refractivity contribution in [1.82, 2.24) is 15.5 Å². The van der Waals surface area contributed by atoms with Crippen molar-refractivity contribution in [1.29, 1.82) is 0 Å². The van der Waals surface area contributed by atoms with Gasteiger partial charge < -0.3 is 9.73 Å². The number of amides is 1. The van der Waals surface area contributed by atoms with Gasteiger partial charge in [-0.05, 0) is 38.0 Å². The average Bonchev–Trinajstić information content (AvgIpc) is 3.07. The second kappa shape index (κ2) is 6.07. The Morgan fingerprint density at radius 1 is 1.28 bits per heavy atom. The molecule has 4 rings (SSSR count). The monoisotopic (exact) mass is 357 g/mol. The second-order valence-corrected chi connectivity index (χ2v) is 7.44. The fourth-order valence-electron chi connectivity index (χ4n) is 2.89. The SMILES string of the molecule is Cc1ccc(-c2nnc(CNC(=O)C3(c4ccccc4F)CC3)o2)s1. The molecule has 1 aromatic carbocycles. The minimum absolute atomic E-state index is 0.131. The molecule has 0 atom stereocenters. The van der Waals surface area contributed by atoms with E-state index in [2.05, 4.69) is 15.5 Å². The third-order valence-electron chi connectivity index (χ3n) is 4.39. The highest BCUT2D eigenvalue weighted by molar-refractivity contribution is 7.15. The van der Waals surface area contributed by atoms with Crippen molar-refractivity contribution in [3.63, 3.8) is 0 Å². The molecule has 3 aromatic rings. The van der Waals surface area contributed by atoms with E-state index in [0.717, 1.165) is 9.75 Å². The largest absolute Gasteiger partial charge is 0.418 e. The van der Waals surface area contributed by atoms with E-state index in [1.54, 1.807) is 29.5 Å². The maximum absolute atomic E-state index is 14.0. The number of thiophene rings is 1. The van der Waals surface area contributed by atoms with Crippen LogP contribution in [0.3, 0.4) is 0 Å². The average molecular weight is 357 g/mol. The number of aryl methyl sites for hydroxylation is 1. The van der Waals surface area contributed by atoms with Crippen LogP contribution in [0.4, 0.5) is 4.39 Å². The van der Waals surface area contributed by atoms with Gasteiger partial charge in [0.25, 0.3) is 5.89 Å². The number of hydrogen-bond donors (Lipinski definition) is 1. The van der Waals surface area contributed by atoms with Crippen molar-refractivity contribution in [2.75, 3.05) is 0 Å². The normalized spacial score (nSPS) is 15.1. The highest BCUT2D eigenvalue weighted by atomic mass is 32.1. The molecular formula is C18H16FN3O2S. The van der Waals surface area contributed by atoms with E-state index in [0.29, 0.717) is 30.2 Å². The minimum atomic E-state index is -0.765. The first-order valence-corrected chi connectivity index (χ1v) is 8.83. The van der Waals surface area contributed by atoms with Crippen LogP contribution in [0.5, 0.6) is 0 Å². The van der Waals surface area contributed by atoms with Crippen molar-refractivity contribution < 1.29 is 13.6 Å². The van der Waals surface area contributed by atoms with Crippen molar-refractivity contribution in [3.05, 3.63) is 58.5 Å². The number of halogens is 1. The van der Waals surface area contributed by atoms with E-state index in [4.69, 9.17) is 4.42 Å². The zero-order valence-electron chi connectivity index (χ0n) is 13.6. The Hall–Kier alpha value is -2.54. The number of aromatic nitrogens is 2. The van der Waals surface area contributed by atoms with Crippen LogP contribution < -0.4 is 5.32 Å². The molecule has 0 aliphatic heterocycles. The zero-order chi connectivity index (χ0) is 17.4. The predicted octanol–water partition coefficient (Wildman–Crippen LogP) is 3.59. The highest BCUT2D eigenvalue weighted by Gasteiger charge is 2.52. The molecule has 1 aliphatic rings. The van der Waals surface area contributed by atoms with E-state index in [-0.39, 0.29) is 18.3 Å². The van der Waals surface area contributed by atoms with Gasteiger partial charge in [0.1, 0.15) is 5.82 Å². The second-order valence-electron chi connectivity index (χ2n) is 6.16. The molecule has 0 unspecified atom stereocenters. The van der Waals surface area contributed by atoms with Gasteiger partial charge in [0, 0.05) is 10.4 Å². The van der Waals surface area contributed by atoms with Crippen molar-refractivity contribution in [2.24, 2.45) is 0 Å². The molecule has 1 N–H and O–H groups in total. The summed E-state index contributed by atoms with van der Waals surface area (Å²) < 4.78 is 19.6. The Morgan fingerprint density at radius 3 is 2.76 bits per heavy atom. The van der Waals surface area contributed by atoms with Gasteiger partial charge in [0.2, 0.25) is 11.8 Å². The number of carbonyl (C=O) groups excluding carboxylic acids is 1. The van der Waals surface area contributed by atoms with Crippen LogP contribution in [0, 0.1) is 12.7 Å². The topological polar surface area (TPSA) is 68.0 Å². The maximum Gasteiger partial charge on any atom is 0.257 e. The number of nitrogens with one attached hydrogen (secondary N) is 1. The fraction of sp³-hybridized carbons (Fsp3) is 0.278. The van der Waals surface area contributed by atoms with Gasteiger partial charge in [-0.1, -0.05) is 18.2 Å². The Balaban J connectivity index is 1.44.